The summed E-state index contributed by atoms with van der Waals surface area (Å²) >= 11 is 0. The van der Waals surface area contributed by atoms with Crippen LogP contribution in [0.15, 0.2) is 0 Å². The highest BCUT2D eigenvalue weighted by Crippen LogP contribution is 2.14. The first-order valence-electron chi connectivity index (χ1n) is 6.80. The van der Waals surface area contributed by atoms with Gasteiger partial charge in [-0.2, -0.15) is 5.26 Å². The van der Waals surface area contributed by atoms with Gasteiger partial charge in [0.1, 0.15) is 5.54 Å². The lowest BCUT2D eigenvalue weighted by Crippen LogP contribution is -2.43. The fourth-order valence-electron chi connectivity index (χ4n) is 2.13. The van der Waals surface area contributed by atoms with Gasteiger partial charge in [-0.3, -0.25) is 0 Å². The van der Waals surface area contributed by atoms with E-state index in [-0.39, 0.29) is 0 Å². The van der Waals surface area contributed by atoms with E-state index in [1.54, 1.807) is 0 Å². The first-order valence-corrected chi connectivity index (χ1v) is 6.80. The van der Waals surface area contributed by atoms with E-state index in [1.807, 2.05) is 6.92 Å². The largest absolute Gasteiger partial charge is 0.314 e. The minimum atomic E-state index is -0.693. The Labute approximate surface area is 107 Å². The average molecular weight is 239 g/mol. The quantitative estimate of drug-likeness (QED) is 0.708. The van der Waals surface area contributed by atoms with Crippen LogP contribution in [-0.2, 0) is 0 Å². The molecule has 0 saturated carbocycles. The van der Waals surface area contributed by atoms with Gasteiger partial charge >= 0.3 is 0 Å². The Balaban J connectivity index is 4.44. The van der Waals surface area contributed by atoms with Crippen molar-refractivity contribution in [2.24, 2.45) is 11.7 Å². The van der Waals surface area contributed by atoms with Crippen molar-refractivity contribution in [2.75, 3.05) is 13.1 Å². The maximum Gasteiger partial charge on any atom is 0.102 e. The van der Waals surface area contributed by atoms with Crippen molar-refractivity contribution in [1.82, 2.24) is 4.90 Å². The van der Waals surface area contributed by atoms with Crippen molar-refractivity contribution in [3.63, 3.8) is 0 Å². The standard InChI is InChI=1S/C14H29N3/c1-6-13(7-2)17(10-12(3)4)9-8-14(5,16)11-15/h12-13H,6-10,16H2,1-5H3. The summed E-state index contributed by atoms with van der Waals surface area (Å²) in [6, 6.07) is 2.79. The van der Waals surface area contributed by atoms with Gasteiger partial charge in [0.2, 0.25) is 0 Å². The van der Waals surface area contributed by atoms with E-state index in [1.165, 1.54) is 0 Å². The van der Waals surface area contributed by atoms with Crippen LogP contribution in [0, 0.1) is 17.2 Å². The second kappa shape index (κ2) is 7.68. The molecule has 0 rings (SSSR count). The van der Waals surface area contributed by atoms with E-state index in [9.17, 15) is 0 Å². The highest BCUT2D eigenvalue weighted by atomic mass is 15.2. The molecule has 0 aliphatic heterocycles. The number of nitrogens with zero attached hydrogens (tertiary/aromatic N) is 2. The van der Waals surface area contributed by atoms with E-state index >= 15 is 0 Å². The molecule has 2 N–H and O–H groups in total. The normalized spacial score (nSPS) is 15.3. The topological polar surface area (TPSA) is 53.0 Å². The fourth-order valence-corrected chi connectivity index (χ4v) is 2.13. The zero-order chi connectivity index (χ0) is 13.5. The highest BCUT2D eigenvalue weighted by molar-refractivity contribution is 5.01. The molecule has 0 saturated heterocycles. The molecule has 0 aromatic rings. The first kappa shape index (κ1) is 16.4. The van der Waals surface area contributed by atoms with Crippen molar-refractivity contribution in [3.8, 4) is 6.07 Å². The van der Waals surface area contributed by atoms with Crippen molar-refractivity contribution in [1.29, 1.82) is 5.26 Å². The van der Waals surface area contributed by atoms with Crippen LogP contribution in [0.5, 0.6) is 0 Å². The predicted octanol–water partition coefficient (Wildman–Crippen LogP) is 2.76. The zero-order valence-electron chi connectivity index (χ0n) is 12.2. The van der Waals surface area contributed by atoms with Crippen LogP contribution in [-0.4, -0.2) is 29.6 Å². The van der Waals surface area contributed by atoms with Gasteiger partial charge in [0.15, 0.2) is 0 Å². The molecule has 3 heteroatoms. The van der Waals surface area contributed by atoms with Gasteiger partial charge in [0.25, 0.3) is 0 Å². The van der Waals surface area contributed by atoms with Crippen LogP contribution < -0.4 is 5.73 Å². The molecule has 0 aliphatic carbocycles. The van der Waals surface area contributed by atoms with Gasteiger partial charge in [-0.1, -0.05) is 27.7 Å². The smallest absolute Gasteiger partial charge is 0.102 e. The minimum Gasteiger partial charge on any atom is -0.314 e. The van der Waals surface area contributed by atoms with Gasteiger partial charge in [-0.15, -0.1) is 0 Å². The third kappa shape index (κ3) is 6.65. The van der Waals surface area contributed by atoms with Gasteiger partial charge in [0, 0.05) is 19.1 Å². The molecule has 100 valence electrons. The Bertz CT molecular complexity index is 236. The van der Waals surface area contributed by atoms with Gasteiger partial charge < -0.3 is 10.6 Å². The molecule has 0 spiro atoms. The Morgan fingerprint density at radius 1 is 1.29 bits per heavy atom. The molecule has 0 heterocycles. The lowest BCUT2D eigenvalue weighted by molar-refractivity contribution is 0.157. The van der Waals surface area contributed by atoms with Crippen LogP contribution >= 0.6 is 0 Å². The van der Waals surface area contributed by atoms with E-state index < -0.39 is 5.54 Å². The molecule has 0 amide bonds. The number of hydrogen-bond donors (Lipinski definition) is 1. The summed E-state index contributed by atoms with van der Waals surface area (Å²) in [7, 11) is 0. The molecule has 0 fully saturated rings. The fraction of sp³-hybridized carbons (Fsp3) is 0.929. The summed E-state index contributed by atoms with van der Waals surface area (Å²) in [5.41, 5.74) is 5.20. The van der Waals surface area contributed by atoms with Crippen LogP contribution in [0.1, 0.15) is 53.9 Å². The molecule has 1 unspecified atom stereocenters. The second-order valence-electron chi connectivity index (χ2n) is 5.64. The Morgan fingerprint density at radius 2 is 1.82 bits per heavy atom. The monoisotopic (exact) mass is 239 g/mol. The maximum absolute atomic E-state index is 8.95. The first-order chi connectivity index (χ1) is 7.86. The van der Waals surface area contributed by atoms with E-state index in [0.29, 0.717) is 12.0 Å². The summed E-state index contributed by atoms with van der Waals surface area (Å²) in [5, 5.41) is 8.95. The van der Waals surface area contributed by atoms with Crippen molar-refractivity contribution in [2.45, 2.75) is 65.5 Å². The summed E-state index contributed by atoms with van der Waals surface area (Å²) in [4.78, 5) is 2.49. The molecular weight excluding hydrogens is 210 g/mol. The van der Waals surface area contributed by atoms with E-state index in [2.05, 4.69) is 38.7 Å². The SMILES string of the molecule is CCC(CC)N(CCC(C)(N)C#N)CC(C)C. The third-order valence-electron chi connectivity index (χ3n) is 3.23. The van der Waals surface area contributed by atoms with Crippen molar-refractivity contribution < 1.29 is 0 Å². The lowest BCUT2D eigenvalue weighted by Gasteiger charge is -2.33. The van der Waals surface area contributed by atoms with Crippen LogP contribution in [0.2, 0.25) is 0 Å². The summed E-state index contributed by atoms with van der Waals surface area (Å²) in [6.45, 7) is 12.8. The Kier molecular flexibility index (Phi) is 7.41. The summed E-state index contributed by atoms with van der Waals surface area (Å²) in [6.07, 6.45) is 3.07. The van der Waals surface area contributed by atoms with Gasteiger partial charge in [-0.25, -0.2) is 0 Å². The zero-order valence-corrected chi connectivity index (χ0v) is 12.2. The number of hydrogen-bond acceptors (Lipinski definition) is 3. The Morgan fingerprint density at radius 3 is 2.18 bits per heavy atom. The maximum atomic E-state index is 8.95. The molecule has 0 aromatic carbocycles. The van der Waals surface area contributed by atoms with Crippen molar-refractivity contribution >= 4 is 0 Å². The number of rotatable bonds is 8. The summed E-state index contributed by atoms with van der Waals surface area (Å²) < 4.78 is 0. The van der Waals surface area contributed by atoms with Crippen LogP contribution in [0.25, 0.3) is 0 Å². The number of nitrogens with two attached hydrogens (primary N) is 1. The predicted molar refractivity (Wildman–Crippen MR) is 73.6 cm³/mol. The molecular formula is C14H29N3. The van der Waals surface area contributed by atoms with Gasteiger partial charge in [-0.05, 0) is 32.1 Å². The van der Waals surface area contributed by atoms with Crippen LogP contribution in [0.3, 0.4) is 0 Å². The molecule has 0 bridgehead atoms. The van der Waals surface area contributed by atoms with E-state index in [4.69, 9.17) is 11.0 Å². The average Bonchev–Trinajstić information content (AvgIpc) is 2.26. The number of nitriles is 1. The van der Waals surface area contributed by atoms with Gasteiger partial charge in [0.05, 0.1) is 6.07 Å². The molecule has 17 heavy (non-hydrogen) atoms. The van der Waals surface area contributed by atoms with Crippen LogP contribution in [0.4, 0.5) is 0 Å². The second-order valence-corrected chi connectivity index (χ2v) is 5.64. The highest BCUT2D eigenvalue weighted by Gasteiger charge is 2.22. The molecule has 0 radical (unpaired) electrons. The van der Waals surface area contributed by atoms with Crippen molar-refractivity contribution in [3.05, 3.63) is 0 Å². The summed E-state index contributed by atoms with van der Waals surface area (Å²) in [5.74, 6) is 0.654. The Hall–Kier alpha value is -0.590. The lowest BCUT2D eigenvalue weighted by atomic mass is 9.99. The molecule has 0 aliphatic rings. The molecule has 1 atom stereocenters. The van der Waals surface area contributed by atoms with E-state index in [0.717, 1.165) is 32.4 Å². The minimum absolute atomic E-state index is 0.617. The third-order valence-corrected chi connectivity index (χ3v) is 3.23. The molecule has 0 aromatic heterocycles. The molecule has 3 nitrogen and oxygen atoms in total.